The summed E-state index contributed by atoms with van der Waals surface area (Å²) in [5.74, 6) is -0.471. The van der Waals surface area contributed by atoms with Gasteiger partial charge < -0.3 is 15.7 Å². The van der Waals surface area contributed by atoms with Crippen LogP contribution in [0.3, 0.4) is 0 Å². The van der Waals surface area contributed by atoms with Gasteiger partial charge in [0.1, 0.15) is 0 Å². The molecule has 0 radical (unpaired) electrons. The monoisotopic (exact) mass is 290 g/mol. The van der Waals surface area contributed by atoms with E-state index in [0.717, 1.165) is 6.42 Å². The largest absolute Gasteiger partial charge is 0.416 e. The van der Waals surface area contributed by atoms with Crippen molar-refractivity contribution in [3.8, 4) is 0 Å². The molecule has 18 heavy (non-hydrogen) atoms. The van der Waals surface area contributed by atoms with Crippen LogP contribution in [0.5, 0.6) is 0 Å². The van der Waals surface area contributed by atoms with Crippen molar-refractivity contribution in [3.63, 3.8) is 0 Å². The number of aliphatic hydroxyl groups is 1. The summed E-state index contributed by atoms with van der Waals surface area (Å²) >= 11 is 0. The average molecular weight is 291 g/mol. The van der Waals surface area contributed by atoms with Crippen LogP contribution in [0.2, 0.25) is 0 Å². The Labute approximate surface area is 110 Å². The van der Waals surface area contributed by atoms with Crippen LogP contribution in [0.4, 0.5) is 13.2 Å². The zero-order valence-corrected chi connectivity index (χ0v) is 10.8. The molecule has 0 saturated carbocycles. The standard InChI is InChI=1S/C10H17F3N2O2.ClH/c1-2-9(4-3-5-15-9)8(17)14-6-7(16)10(11,12)13;/h7,15-16H,2-6H2,1H3,(H,14,17);1H. The molecule has 1 aliphatic heterocycles. The quantitative estimate of drug-likeness (QED) is 0.723. The van der Waals surface area contributed by atoms with Crippen LogP contribution in [0.25, 0.3) is 0 Å². The van der Waals surface area contributed by atoms with Crippen LogP contribution in [-0.4, -0.2) is 41.9 Å². The van der Waals surface area contributed by atoms with Gasteiger partial charge in [0.15, 0.2) is 6.10 Å². The Kier molecular flexibility index (Phi) is 6.39. The van der Waals surface area contributed by atoms with Crippen LogP contribution >= 0.6 is 12.4 Å². The summed E-state index contributed by atoms with van der Waals surface area (Å²) in [4.78, 5) is 11.8. The van der Waals surface area contributed by atoms with Crippen molar-refractivity contribution >= 4 is 18.3 Å². The van der Waals surface area contributed by atoms with Crippen LogP contribution in [0.15, 0.2) is 0 Å². The molecule has 0 aromatic carbocycles. The lowest BCUT2D eigenvalue weighted by atomic mass is 9.93. The number of nitrogens with one attached hydrogen (secondary N) is 2. The van der Waals surface area contributed by atoms with Crippen LogP contribution < -0.4 is 10.6 Å². The van der Waals surface area contributed by atoms with Crippen molar-refractivity contribution < 1.29 is 23.1 Å². The first-order valence-corrected chi connectivity index (χ1v) is 5.60. The summed E-state index contributed by atoms with van der Waals surface area (Å²) in [5.41, 5.74) is -0.773. The fourth-order valence-corrected chi connectivity index (χ4v) is 1.94. The molecule has 8 heteroatoms. The lowest BCUT2D eigenvalue weighted by Crippen LogP contribution is -2.55. The van der Waals surface area contributed by atoms with Crippen molar-refractivity contribution in [3.05, 3.63) is 0 Å². The van der Waals surface area contributed by atoms with Gasteiger partial charge in [0.05, 0.1) is 12.1 Å². The minimum absolute atomic E-state index is 0. The maximum Gasteiger partial charge on any atom is 0.416 e. The molecule has 1 rings (SSSR count). The van der Waals surface area contributed by atoms with E-state index in [1.807, 2.05) is 0 Å². The molecule has 3 N–H and O–H groups in total. The van der Waals surface area contributed by atoms with Gasteiger partial charge in [-0.25, -0.2) is 0 Å². The molecule has 1 aliphatic rings. The Morgan fingerprint density at radius 3 is 2.56 bits per heavy atom. The molecule has 0 bridgehead atoms. The Bertz CT molecular complexity index is 281. The number of hydrogen-bond donors (Lipinski definition) is 3. The predicted octanol–water partition coefficient (Wildman–Crippen LogP) is 0.980. The number of aliphatic hydroxyl groups excluding tert-OH is 1. The first-order chi connectivity index (χ1) is 7.82. The number of alkyl halides is 3. The highest BCUT2D eigenvalue weighted by atomic mass is 35.5. The molecule has 0 spiro atoms. The Balaban J connectivity index is 0.00000289. The molecule has 1 heterocycles. The fourth-order valence-electron chi connectivity index (χ4n) is 1.94. The van der Waals surface area contributed by atoms with Gasteiger partial charge in [-0.1, -0.05) is 6.92 Å². The van der Waals surface area contributed by atoms with Gasteiger partial charge in [0.2, 0.25) is 5.91 Å². The second kappa shape index (κ2) is 6.58. The van der Waals surface area contributed by atoms with Crippen molar-refractivity contribution in [1.82, 2.24) is 10.6 Å². The number of amides is 1. The number of rotatable bonds is 4. The van der Waals surface area contributed by atoms with E-state index in [1.165, 1.54) is 0 Å². The van der Waals surface area contributed by atoms with E-state index < -0.39 is 30.3 Å². The second-order valence-corrected chi connectivity index (χ2v) is 4.23. The molecule has 2 atom stereocenters. The molecular weight excluding hydrogens is 273 g/mol. The Morgan fingerprint density at radius 2 is 2.17 bits per heavy atom. The van der Waals surface area contributed by atoms with Gasteiger partial charge >= 0.3 is 6.18 Å². The van der Waals surface area contributed by atoms with Gasteiger partial charge in [-0.05, 0) is 25.8 Å². The normalized spacial score (nSPS) is 25.4. The van der Waals surface area contributed by atoms with Gasteiger partial charge in [-0.3, -0.25) is 4.79 Å². The minimum Gasteiger partial charge on any atom is -0.382 e. The molecule has 2 unspecified atom stereocenters. The maximum atomic E-state index is 12.0. The third-order valence-corrected chi connectivity index (χ3v) is 3.12. The van der Waals surface area contributed by atoms with E-state index >= 15 is 0 Å². The van der Waals surface area contributed by atoms with Crippen LogP contribution in [0, 0.1) is 0 Å². The summed E-state index contributed by atoms with van der Waals surface area (Å²) in [5, 5.41) is 13.9. The molecule has 1 saturated heterocycles. The maximum absolute atomic E-state index is 12.0. The van der Waals surface area contributed by atoms with Gasteiger partial charge in [0.25, 0.3) is 0 Å². The number of hydrogen-bond acceptors (Lipinski definition) is 3. The molecule has 0 aliphatic carbocycles. The van der Waals surface area contributed by atoms with Crippen LogP contribution in [-0.2, 0) is 4.79 Å². The van der Waals surface area contributed by atoms with Gasteiger partial charge in [-0.15, -0.1) is 12.4 Å². The summed E-state index contributed by atoms with van der Waals surface area (Å²) in [7, 11) is 0. The van der Waals surface area contributed by atoms with Gasteiger partial charge in [-0.2, -0.15) is 13.2 Å². The smallest absolute Gasteiger partial charge is 0.382 e. The van der Waals surface area contributed by atoms with Gasteiger partial charge in [0, 0.05) is 0 Å². The van der Waals surface area contributed by atoms with Crippen molar-refractivity contribution in [2.75, 3.05) is 13.1 Å². The lowest BCUT2D eigenvalue weighted by molar-refractivity contribution is -0.202. The topological polar surface area (TPSA) is 61.4 Å². The highest BCUT2D eigenvalue weighted by Gasteiger charge is 2.42. The molecule has 4 nitrogen and oxygen atoms in total. The third-order valence-electron chi connectivity index (χ3n) is 3.12. The molecular formula is C10H18ClF3N2O2. The van der Waals surface area contributed by atoms with Crippen LogP contribution in [0.1, 0.15) is 26.2 Å². The first-order valence-electron chi connectivity index (χ1n) is 5.60. The zero-order chi connectivity index (χ0) is 13.1. The fraction of sp³-hybridized carbons (Fsp3) is 0.900. The molecule has 1 amide bonds. The molecule has 1 fully saturated rings. The zero-order valence-electron chi connectivity index (χ0n) is 10.0. The predicted molar refractivity (Wildman–Crippen MR) is 62.6 cm³/mol. The minimum atomic E-state index is -4.70. The van der Waals surface area contributed by atoms with Crippen molar-refractivity contribution in [2.45, 2.75) is 44.0 Å². The van der Waals surface area contributed by atoms with Crippen molar-refractivity contribution in [1.29, 1.82) is 0 Å². The molecule has 108 valence electrons. The van der Waals surface area contributed by atoms with Crippen molar-refractivity contribution in [2.24, 2.45) is 0 Å². The number of halogens is 4. The summed E-state index contributed by atoms with van der Waals surface area (Å²) in [6.07, 6.45) is -5.26. The number of carbonyl (C=O) groups is 1. The lowest BCUT2D eigenvalue weighted by Gasteiger charge is -2.27. The van der Waals surface area contributed by atoms with E-state index in [1.54, 1.807) is 6.92 Å². The SMILES string of the molecule is CCC1(C(=O)NCC(O)C(F)(F)F)CCCN1.Cl. The summed E-state index contributed by atoms with van der Waals surface area (Å²) < 4.78 is 36.1. The second-order valence-electron chi connectivity index (χ2n) is 4.23. The van der Waals surface area contributed by atoms with E-state index in [0.29, 0.717) is 19.4 Å². The van der Waals surface area contributed by atoms with E-state index in [-0.39, 0.29) is 12.4 Å². The summed E-state index contributed by atoms with van der Waals surface area (Å²) in [6, 6.07) is 0. The number of carbonyl (C=O) groups excluding carboxylic acids is 1. The first kappa shape index (κ1) is 17.5. The van der Waals surface area contributed by atoms with E-state index in [2.05, 4.69) is 10.6 Å². The Morgan fingerprint density at radius 1 is 1.56 bits per heavy atom. The summed E-state index contributed by atoms with van der Waals surface area (Å²) in [6.45, 7) is 1.69. The van der Waals surface area contributed by atoms with E-state index in [9.17, 15) is 18.0 Å². The Hall–Kier alpha value is -0.530. The highest BCUT2D eigenvalue weighted by molar-refractivity contribution is 5.86. The highest BCUT2D eigenvalue weighted by Crippen LogP contribution is 2.24. The van der Waals surface area contributed by atoms with E-state index in [4.69, 9.17) is 5.11 Å². The molecule has 0 aromatic heterocycles. The third kappa shape index (κ3) is 4.00. The molecule has 0 aromatic rings. The average Bonchev–Trinajstić information content (AvgIpc) is 2.73.